The summed E-state index contributed by atoms with van der Waals surface area (Å²) in [7, 11) is 1.61. The third kappa shape index (κ3) is 3.71. The third-order valence-corrected chi connectivity index (χ3v) is 3.51. The monoisotopic (exact) mass is 279 g/mol. The van der Waals surface area contributed by atoms with Gasteiger partial charge in [0.05, 0.1) is 26.4 Å². The van der Waals surface area contributed by atoms with Crippen LogP contribution < -0.4 is 4.74 Å². The average molecular weight is 279 g/mol. The summed E-state index contributed by atoms with van der Waals surface area (Å²) < 4.78 is 10.6. The molecule has 1 amide bonds. The summed E-state index contributed by atoms with van der Waals surface area (Å²) in [6, 6.07) is 7.17. The van der Waals surface area contributed by atoms with Gasteiger partial charge in [0.2, 0.25) is 0 Å². The van der Waals surface area contributed by atoms with E-state index in [9.17, 15) is 4.79 Å². The standard InChI is InChI=1S/C15H21NO4/c1-19-13-4-2-12(3-5-13)15(18)16-8-6-14(7-9-16)20-11-10-17/h2-5,14,17H,6-11H2,1H3. The molecule has 5 nitrogen and oxygen atoms in total. The molecule has 110 valence electrons. The van der Waals surface area contributed by atoms with Crippen molar-refractivity contribution in [1.82, 2.24) is 4.90 Å². The summed E-state index contributed by atoms with van der Waals surface area (Å²) in [4.78, 5) is 14.2. The second-order valence-corrected chi connectivity index (χ2v) is 4.81. The van der Waals surface area contributed by atoms with E-state index in [0.29, 0.717) is 25.3 Å². The van der Waals surface area contributed by atoms with E-state index in [4.69, 9.17) is 14.6 Å². The van der Waals surface area contributed by atoms with Crippen molar-refractivity contribution in [2.75, 3.05) is 33.4 Å². The Morgan fingerprint density at radius 2 is 1.95 bits per heavy atom. The Bertz CT molecular complexity index is 424. The van der Waals surface area contributed by atoms with Gasteiger partial charge in [-0.2, -0.15) is 0 Å². The number of hydrogen-bond acceptors (Lipinski definition) is 4. The Hall–Kier alpha value is -1.59. The number of methoxy groups -OCH3 is 1. The van der Waals surface area contributed by atoms with Crippen molar-refractivity contribution in [3.05, 3.63) is 29.8 Å². The highest BCUT2D eigenvalue weighted by atomic mass is 16.5. The van der Waals surface area contributed by atoms with Crippen LogP contribution in [0.2, 0.25) is 0 Å². The number of ether oxygens (including phenoxy) is 2. The maximum absolute atomic E-state index is 12.3. The number of amides is 1. The van der Waals surface area contributed by atoms with E-state index in [2.05, 4.69) is 0 Å². The number of aliphatic hydroxyl groups excluding tert-OH is 1. The Labute approximate surface area is 119 Å². The molecule has 2 rings (SSSR count). The molecule has 1 aromatic rings. The van der Waals surface area contributed by atoms with E-state index in [-0.39, 0.29) is 18.6 Å². The summed E-state index contributed by atoms with van der Waals surface area (Å²) in [5, 5.41) is 8.73. The molecule has 0 saturated carbocycles. The second-order valence-electron chi connectivity index (χ2n) is 4.81. The van der Waals surface area contributed by atoms with Crippen LogP contribution in [-0.4, -0.2) is 55.4 Å². The third-order valence-electron chi connectivity index (χ3n) is 3.51. The van der Waals surface area contributed by atoms with Gasteiger partial charge in [-0.05, 0) is 37.1 Å². The molecule has 1 aliphatic heterocycles. The second kappa shape index (κ2) is 7.26. The molecule has 1 fully saturated rings. The van der Waals surface area contributed by atoms with E-state index >= 15 is 0 Å². The van der Waals surface area contributed by atoms with E-state index in [1.54, 1.807) is 31.4 Å². The normalized spacial score (nSPS) is 16.2. The van der Waals surface area contributed by atoms with E-state index in [0.717, 1.165) is 18.6 Å². The van der Waals surface area contributed by atoms with E-state index in [1.165, 1.54) is 0 Å². The zero-order chi connectivity index (χ0) is 14.4. The molecular formula is C15H21NO4. The zero-order valence-corrected chi connectivity index (χ0v) is 11.7. The van der Waals surface area contributed by atoms with Crippen molar-refractivity contribution in [3.8, 4) is 5.75 Å². The number of carbonyl (C=O) groups excluding carboxylic acids is 1. The Kier molecular flexibility index (Phi) is 5.38. The first-order valence-corrected chi connectivity index (χ1v) is 6.90. The number of benzene rings is 1. The summed E-state index contributed by atoms with van der Waals surface area (Å²) in [5.41, 5.74) is 0.681. The average Bonchev–Trinajstić information content (AvgIpc) is 2.53. The predicted molar refractivity (Wildman–Crippen MR) is 75.0 cm³/mol. The Morgan fingerprint density at radius 1 is 1.30 bits per heavy atom. The molecule has 20 heavy (non-hydrogen) atoms. The van der Waals surface area contributed by atoms with Gasteiger partial charge in [-0.15, -0.1) is 0 Å². The van der Waals surface area contributed by atoms with Crippen LogP contribution in [0.25, 0.3) is 0 Å². The highest BCUT2D eigenvalue weighted by molar-refractivity contribution is 5.94. The van der Waals surface area contributed by atoms with Gasteiger partial charge in [0.25, 0.3) is 5.91 Å². The lowest BCUT2D eigenvalue weighted by Gasteiger charge is -2.32. The van der Waals surface area contributed by atoms with Crippen LogP contribution in [0, 0.1) is 0 Å². The lowest BCUT2D eigenvalue weighted by molar-refractivity contribution is -0.00554. The molecule has 1 aromatic carbocycles. The Balaban J connectivity index is 1.87. The minimum absolute atomic E-state index is 0.0466. The van der Waals surface area contributed by atoms with Crippen molar-refractivity contribution in [2.45, 2.75) is 18.9 Å². The van der Waals surface area contributed by atoms with Crippen molar-refractivity contribution in [2.24, 2.45) is 0 Å². The fourth-order valence-corrected chi connectivity index (χ4v) is 2.36. The van der Waals surface area contributed by atoms with Crippen molar-refractivity contribution < 1.29 is 19.4 Å². The lowest BCUT2D eigenvalue weighted by atomic mass is 10.1. The zero-order valence-electron chi connectivity index (χ0n) is 11.7. The predicted octanol–water partition coefficient (Wildman–Crippen LogP) is 1.31. The maximum Gasteiger partial charge on any atom is 0.253 e. The molecule has 1 saturated heterocycles. The molecule has 5 heteroatoms. The molecule has 0 radical (unpaired) electrons. The topological polar surface area (TPSA) is 59.0 Å². The highest BCUT2D eigenvalue weighted by Gasteiger charge is 2.23. The van der Waals surface area contributed by atoms with Crippen LogP contribution in [0.1, 0.15) is 23.2 Å². The quantitative estimate of drug-likeness (QED) is 0.883. The minimum atomic E-state index is 0.0466. The van der Waals surface area contributed by atoms with Gasteiger partial charge in [0, 0.05) is 18.7 Å². The van der Waals surface area contributed by atoms with Crippen molar-refractivity contribution in [1.29, 1.82) is 0 Å². The number of rotatable bonds is 5. The Morgan fingerprint density at radius 3 is 2.50 bits per heavy atom. The molecule has 0 unspecified atom stereocenters. The number of nitrogens with zero attached hydrogens (tertiary/aromatic N) is 1. The molecule has 1 aliphatic rings. The molecule has 1 heterocycles. The molecular weight excluding hydrogens is 258 g/mol. The first-order chi connectivity index (χ1) is 9.74. The van der Waals surface area contributed by atoms with Crippen LogP contribution in [0.3, 0.4) is 0 Å². The SMILES string of the molecule is COc1ccc(C(=O)N2CCC(OCCO)CC2)cc1. The number of piperidine rings is 1. The largest absolute Gasteiger partial charge is 0.497 e. The van der Waals surface area contributed by atoms with Crippen molar-refractivity contribution >= 4 is 5.91 Å². The molecule has 0 aliphatic carbocycles. The molecule has 0 aromatic heterocycles. The first kappa shape index (κ1) is 14.8. The van der Waals surface area contributed by atoms with Crippen molar-refractivity contribution in [3.63, 3.8) is 0 Å². The molecule has 0 atom stereocenters. The number of carbonyl (C=O) groups is 1. The molecule has 0 spiro atoms. The van der Waals surface area contributed by atoms with Crippen LogP contribution in [0.5, 0.6) is 5.75 Å². The van der Waals surface area contributed by atoms with Crippen LogP contribution >= 0.6 is 0 Å². The van der Waals surface area contributed by atoms with Crippen LogP contribution in [-0.2, 0) is 4.74 Å². The van der Waals surface area contributed by atoms with Crippen LogP contribution in [0.4, 0.5) is 0 Å². The summed E-state index contributed by atoms with van der Waals surface area (Å²) in [6.07, 6.45) is 1.80. The summed E-state index contributed by atoms with van der Waals surface area (Å²) in [5.74, 6) is 0.797. The van der Waals surface area contributed by atoms with Crippen LogP contribution in [0.15, 0.2) is 24.3 Å². The van der Waals surface area contributed by atoms with Gasteiger partial charge in [-0.25, -0.2) is 0 Å². The smallest absolute Gasteiger partial charge is 0.253 e. The summed E-state index contributed by atoms with van der Waals surface area (Å²) >= 11 is 0. The summed E-state index contributed by atoms with van der Waals surface area (Å²) in [6.45, 7) is 1.81. The number of aliphatic hydroxyl groups is 1. The fraction of sp³-hybridized carbons (Fsp3) is 0.533. The first-order valence-electron chi connectivity index (χ1n) is 6.90. The highest BCUT2D eigenvalue weighted by Crippen LogP contribution is 2.18. The minimum Gasteiger partial charge on any atom is -0.497 e. The number of likely N-dealkylation sites (tertiary alicyclic amines) is 1. The number of hydrogen-bond donors (Lipinski definition) is 1. The fourth-order valence-electron chi connectivity index (χ4n) is 2.36. The van der Waals surface area contributed by atoms with E-state index in [1.807, 2.05) is 4.90 Å². The van der Waals surface area contributed by atoms with Gasteiger partial charge in [-0.1, -0.05) is 0 Å². The maximum atomic E-state index is 12.3. The van der Waals surface area contributed by atoms with Gasteiger partial charge in [-0.3, -0.25) is 4.79 Å². The molecule has 0 bridgehead atoms. The molecule has 1 N–H and O–H groups in total. The van der Waals surface area contributed by atoms with Gasteiger partial charge in [0.1, 0.15) is 5.75 Å². The van der Waals surface area contributed by atoms with E-state index < -0.39 is 0 Å². The van der Waals surface area contributed by atoms with Gasteiger partial charge >= 0.3 is 0 Å². The van der Waals surface area contributed by atoms with Gasteiger partial charge < -0.3 is 19.5 Å². The van der Waals surface area contributed by atoms with Gasteiger partial charge in [0.15, 0.2) is 0 Å². The lowest BCUT2D eigenvalue weighted by Crippen LogP contribution is -2.41.